The fraction of sp³-hybridized carbons (Fsp3) is 0.333. The average Bonchev–Trinajstić information content (AvgIpc) is 3.43. The highest BCUT2D eigenvalue weighted by Gasteiger charge is 2.28. The Bertz CT molecular complexity index is 1690. The van der Waals surface area contributed by atoms with Crippen LogP contribution in [0.15, 0.2) is 60.7 Å². The van der Waals surface area contributed by atoms with E-state index < -0.39 is 0 Å². The summed E-state index contributed by atoms with van der Waals surface area (Å²) in [7, 11) is 2.00. The predicted molar refractivity (Wildman–Crippen MR) is 159 cm³/mol. The molecule has 3 aromatic carbocycles. The summed E-state index contributed by atoms with van der Waals surface area (Å²) in [4.78, 5) is 13.5. The molecular formula is C33H36N4O3. The van der Waals surface area contributed by atoms with Crippen molar-refractivity contribution in [2.24, 2.45) is 7.05 Å². The maximum absolute atomic E-state index is 13.5. The van der Waals surface area contributed by atoms with Gasteiger partial charge in [-0.3, -0.25) is 4.68 Å². The lowest BCUT2D eigenvalue weighted by Crippen LogP contribution is -2.21. The molecule has 7 nitrogen and oxygen atoms in total. The van der Waals surface area contributed by atoms with Gasteiger partial charge in [-0.05, 0) is 56.7 Å². The summed E-state index contributed by atoms with van der Waals surface area (Å²) in [5, 5.41) is 11.7. The molecule has 3 heterocycles. The van der Waals surface area contributed by atoms with Crippen molar-refractivity contribution in [3.63, 3.8) is 0 Å². The van der Waals surface area contributed by atoms with Gasteiger partial charge in [0.15, 0.2) is 0 Å². The van der Waals surface area contributed by atoms with Crippen molar-refractivity contribution < 1.29 is 14.3 Å². The Morgan fingerprint density at radius 3 is 2.73 bits per heavy atom. The molecule has 2 aromatic heterocycles. The number of esters is 1. The summed E-state index contributed by atoms with van der Waals surface area (Å²) in [6.45, 7) is 7.16. The molecular weight excluding hydrogens is 500 g/mol. The number of aromatic nitrogens is 3. The third-order valence-corrected chi connectivity index (χ3v) is 7.87. The molecule has 206 valence electrons. The summed E-state index contributed by atoms with van der Waals surface area (Å²) in [6.07, 6.45) is 2.39. The van der Waals surface area contributed by atoms with Crippen molar-refractivity contribution >= 4 is 27.6 Å². The van der Waals surface area contributed by atoms with Crippen LogP contribution in [-0.2, 0) is 31.3 Å². The fourth-order valence-electron chi connectivity index (χ4n) is 6.17. The van der Waals surface area contributed by atoms with E-state index in [1.807, 2.05) is 42.9 Å². The summed E-state index contributed by atoms with van der Waals surface area (Å²) in [6, 6.07) is 20.8. The number of aryl methyl sites for hydroxylation is 4. The van der Waals surface area contributed by atoms with Crippen LogP contribution in [0.4, 0.5) is 0 Å². The number of ether oxygens (including phenoxy) is 2. The highest BCUT2D eigenvalue weighted by atomic mass is 16.5. The standard InChI is InChI=1S/C33H36N4O3/c1-4-39-33(38)32-26(16-9-20-40-29-17-7-12-23-11-5-6-13-24(23)29)25-14-8-15-27-30-22(2)35-36(3)28(30)21-34-18-10-19-37(32)31(25)27/h5-8,11-15,17,34H,4,9-10,16,18-21H2,1-3H3. The Kier molecular flexibility index (Phi) is 7.30. The van der Waals surface area contributed by atoms with E-state index in [4.69, 9.17) is 14.6 Å². The van der Waals surface area contributed by atoms with Crippen molar-refractivity contribution in [2.75, 3.05) is 19.8 Å². The lowest BCUT2D eigenvalue weighted by Gasteiger charge is -2.17. The normalized spacial score (nSPS) is 13.4. The Balaban J connectivity index is 1.41. The number of hydrogen-bond acceptors (Lipinski definition) is 5. The molecule has 0 atom stereocenters. The first kappa shape index (κ1) is 26.1. The quantitative estimate of drug-likeness (QED) is 0.199. The largest absolute Gasteiger partial charge is 0.493 e. The van der Waals surface area contributed by atoms with Gasteiger partial charge in [-0.2, -0.15) is 5.10 Å². The molecule has 1 aliphatic rings. The smallest absolute Gasteiger partial charge is 0.355 e. The molecule has 0 bridgehead atoms. The lowest BCUT2D eigenvalue weighted by molar-refractivity contribution is 0.0512. The average molecular weight is 537 g/mol. The lowest BCUT2D eigenvalue weighted by atomic mass is 9.98. The number of hydrogen-bond donors (Lipinski definition) is 1. The zero-order valence-corrected chi connectivity index (χ0v) is 23.5. The first-order valence-corrected chi connectivity index (χ1v) is 14.2. The SMILES string of the molecule is CCOC(=O)c1c(CCCOc2cccc3ccccc23)c2cccc3c2n1CCCNCc1c-3c(C)nn1C. The zero-order valence-electron chi connectivity index (χ0n) is 23.5. The first-order valence-electron chi connectivity index (χ1n) is 14.2. The van der Waals surface area contributed by atoms with Gasteiger partial charge in [0, 0.05) is 42.0 Å². The van der Waals surface area contributed by atoms with Gasteiger partial charge in [-0.15, -0.1) is 0 Å². The molecule has 0 saturated carbocycles. The van der Waals surface area contributed by atoms with E-state index >= 15 is 0 Å². The number of fused-ring (bicyclic) bond motifs is 3. The predicted octanol–water partition coefficient (Wildman–Crippen LogP) is 6.19. The number of rotatable bonds is 7. The Hall–Kier alpha value is -4.10. The molecule has 0 fully saturated rings. The highest BCUT2D eigenvalue weighted by Crippen LogP contribution is 2.39. The Morgan fingerprint density at radius 1 is 1.05 bits per heavy atom. The second-order valence-corrected chi connectivity index (χ2v) is 10.4. The molecule has 0 saturated heterocycles. The molecule has 0 amide bonds. The van der Waals surface area contributed by atoms with Crippen LogP contribution >= 0.6 is 0 Å². The maximum atomic E-state index is 13.5. The second kappa shape index (κ2) is 11.2. The second-order valence-electron chi connectivity index (χ2n) is 10.4. The Labute approximate surface area is 234 Å². The molecule has 0 unspecified atom stereocenters. The van der Waals surface area contributed by atoms with Gasteiger partial charge in [0.25, 0.3) is 0 Å². The fourth-order valence-corrected chi connectivity index (χ4v) is 6.17. The molecule has 0 radical (unpaired) electrons. The van der Waals surface area contributed by atoms with Crippen LogP contribution in [0.3, 0.4) is 0 Å². The highest BCUT2D eigenvalue weighted by molar-refractivity contribution is 6.05. The van der Waals surface area contributed by atoms with Gasteiger partial charge in [0.1, 0.15) is 11.4 Å². The molecule has 5 aromatic rings. The van der Waals surface area contributed by atoms with Crippen LogP contribution in [0.1, 0.15) is 47.2 Å². The number of benzene rings is 3. The van der Waals surface area contributed by atoms with E-state index in [1.54, 1.807) is 0 Å². The van der Waals surface area contributed by atoms with Gasteiger partial charge in [-0.1, -0.05) is 54.6 Å². The number of carbonyl (C=O) groups is 1. The van der Waals surface area contributed by atoms with E-state index in [0.29, 0.717) is 25.3 Å². The molecule has 0 aliphatic carbocycles. The molecule has 0 spiro atoms. The van der Waals surface area contributed by atoms with Crippen LogP contribution in [0.2, 0.25) is 0 Å². The maximum Gasteiger partial charge on any atom is 0.355 e. The Morgan fingerprint density at radius 2 is 1.85 bits per heavy atom. The first-order chi connectivity index (χ1) is 19.6. The summed E-state index contributed by atoms with van der Waals surface area (Å²) in [5.41, 5.74) is 7.19. The minimum Gasteiger partial charge on any atom is -0.493 e. The van der Waals surface area contributed by atoms with Crippen molar-refractivity contribution in [3.05, 3.63) is 83.3 Å². The minimum absolute atomic E-state index is 0.261. The van der Waals surface area contributed by atoms with Gasteiger partial charge < -0.3 is 19.4 Å². The number of carbonyl (C=O) groups excluding carboxylic acids is 1. The van der Waals surface area contributed by atoms with Crippen LogP contribution in [0, 0.1) is 6.92 Å². The van der Waals surface area contributed by atoms with Crippen molar-refractivity contribution in [3.8, 4) is 16.9 Å². The summed E-state index contributed by atoms with van der Waals surface area (Å²) >= 11 is 0. The van der Waals surface area contributed by atoms with E-state index in [9.17, 15) is 4.79 Å². The summed E-state index contributed by atoms with van der Waals surface area (Å²) < 4.78 is 16.1. The zero-order chi connectivity index (χ0) is 27.6. The van der Waals surface area contributed by atoms with Gasteiger partial charge in [0.2, 0.25) is 0 Å². The molecule has 40 heavy (non-hydrogen) atoms. The van der Waals surface area contributed by atoms with Crippen molar-refractivity contribution in [1.82, 2.24) is 19.7 Å². The van der Waals surface area contributed by atoms with Gasteiger partial charge >= 0.3 is 5.97 Å². The van der Waals surface area contributed by atoms with Crippen LogP contribution in [0.5, 0.6) is 5.75 Å². The third kappa shape index (κ3) is 4.64. The topological polar surface area (TPSA) is 70.3 Å². The van der Waals surface area contributed by atoms with Gasteiger partial charge in [0.05, 0.1) is 30.1 Å². The molecule has 1 aliphatic heterocycles. The van der Waals surface area contributed by atoms with Crippen LogP contribution < -0.4 is 10.1 Å². The van der Waals surface area contributed by atoms with Crippen LogP contribution in [0.25, 0.3) is 32.8 Å². The van der Waals surface area contributed by atoms with E-state index in [-0.39, 0.29) is 5.97 Å². The summed E-state index contributed by atoms with van der Waals surface area (Å²) in [5.74, 6) is 0.627. The van der Waals surface area contributed by atoms with Crippen molar-refractivity contribution in [1.29, 1.82) is 0 Å². The monoisotopic (exact) mass is 536 g/mol. The van der Waals surface area contributed by atoms with E-state index in [1.165, 1.54) is 0 Å². The van der Waals surface area contributed by atoms with E-state index in [2.05, 4.69) is 53.2 Å². The van der Waals surface area contributed by atoms with Gasteiger partial charge in [-0.25, -0.2) is 4.79 Å². The molecule has 7 heteroatoms. The number of nitrogens with zero attached hydrogens (tertiary/aromatic N) is 3. The molecule has 6 rings (SSSR count). The molecule has 1 N–H and O–H groups in total. The number of nitrogens with one attached hydrogen (secondary N) is 1. The minimum atomic E-state index is -0.261. The third-order valence-electron chi connectivity index (χ3n) is 7.87. The van der Waals surface area contributed by atoms with E-state index in [0.717, 1.165) is 88.0 Å². The number of para-hydroxylation sites is 1. The van der Waals surface area contributed by atoms with Crippen molar-refractivity contribution in [2.45, 2.75) is 46.2 Å². The van der Waals surface area contributed by atoms with Crippen LogP contribution in [-0.4, -0.2) is 40.1 Å².